The molecule has 3 heteroatoms. The fraction of sp³-hybridized carbons (Fsp3) is 0.333. The van der Waals surface area contributed by atoms with Gasteiger partial charge in [-0.05, 0) is 60.8 Å². The highest BCUT2D eigenvalue weighted by Gasteiger charge is 2.14. The Hall–Kier alpha value is -1.87. The Bertz CT molecular complexity index is 598. The molecule has 2 aromatic rings. The minimum Gasteiger partial charge on any atom is -0.497 e. The first kappa shape index (κ1) is 15.5. The lowest BCUT2D eigenvalue weighted by molar-refractivity contribution is 0.414. The Morgan fingerprint density at radius 1 is 1.19 bits per heavy atom. The Kier molecular flexibility index (Phi) is 5.34. The summed E-state index contributed by atoms with van der Waals surface area (Å²) in [5.41, 5.74) is 3.40. The van der Waals surface area contributed by atoms with E-state index in [-0.39, 0.29) is 11.9 Å². The molecule has 0 aromatic heterocycles. The molecule has 112 valence electrons. The molecule has 0 aliphatic carbocycles. The van der Waals surface area contributed by atoms with Crippen LogP contribution in [0, 0.1) is 12.7 Å². The summed E-state index contributed by atoms with van der Waals surface area (Å²) in [5, 5.41) is 3.48. The average molecular weight is 287 g/mol. The van der Waals surface area contributed by atoms with Gasteiger partial charge in [-0.2, -0.15) is 0 Å². The predicted octanol–water partition coefficient (Wildman–Crippen LogP) is 4.04. The average Bonchev–Trinajstić information content (AvgIpc) is 2.47. The van der Waals surface area contributed by atoms with E-state index in [2.05, 4.69) is 25.2 Å². The summed E-state index contributed by atoms with van der Waals surface area (Å²) in [4.78, 5) is 0. The van der Waals surface area contributed by atoms with Crippen LogP contribution in [0.2, 0.25) is 0 Å². The Balaban J connectivity index is 2.26. The highest BCUT2D eigenvalue weighted by Crippen LogP contribution is 2.25. The third kappa shape index (κ3) is 4.05. The van der Waals surface area contributed by atoms with Crippen LogP contribution in [0.25, 0.3) is 0 Å². The van der Waals surface area contributed by atoms with Gasteiger partial charge in [0.1, 0.15) is 11.6 Å². The molecular weight excluding hydrogens is 265 g/mol. The molecule has 0 bridgehead atoms. The molecule has 0 saturated carbocycles. The Morgan fingerprint density at radius 2 is 2.00 bits per heavy atom. The van der Waals surface area contributed by atoms with E-state index >= 15 is 0 Å². The molecule has 1 unspecified atom stereocenters. The summed E-state index contributed by atoms with van der Waals surface area (Å²) in [6.07, 6.45) is 0.763. The smallest absolute Gasteiger partial charge is 0.123 e. The molecule has 2 rings (SSSR count). The van der Waals surface area contributed by atoms with Crippen LogP contribution >= 0.6 is 0 Å². The van der Waals surface area contributed by atoms with Crippen molar-refractivity contribution in [3.63, 3.8) is 0 Å². The predicted molar refractivity (Wildman–Crippen MR) is 84.3 cm³/mol. The zero-order chi connectivity index (χ0) is 15.2. The maximum Gasteiger partial charge on any atom is 0.123 e. The first-order valence-corrected chi connectivity index (χ1v) is 7.26. The van der Waals surface area contributed by atoms with Gasteiger partial charge in [-0.1, -0.05) is 25.1 Å². The van der Waals surface area contributed by atoms with Gasteiger partial charge in [-0.25, -0.2) is 4.39 Å². The van der Waals surface area contributed by atoms with Crippen molar-refractivity contribution in [1.82, 2.24) is 5.32 Å². The molecule has 2 aromatic carbocycles. The van der Waals surface area contributed by atoms with Crippen molar-refractivity contribution in [2.24, 2.45) is 0 Å². The zero-order valence-corrected chi connectivity index (χ0v) is 12.8. The largest absolute Gasteiger partial charge is 0.497 e. The van der Waals surface area contributed by atoms with E-state index in [4.69, 9.17) is 4.74 Å². The normalized spacial score (nSPS) is 12.2. The van der Waals surface area contributed by atoms with Crippen LogP contribution in [0.15, 0.2) is 42.5 Å². The fourth-order valence-corrected chi connectivity index (χ4v) is 2.60. The second-order valence-corrected chi connectivity index (χ2v) is 5.17. The molecule has 0 aliphatic heterocycles. The van der Waals surface area contributed by atoms with Gasteiger partial charge >= 0.3 is 0 Å². The number of methoxy groups -OCH3 is 1. The van der Waals surface area contributed by atoms with E-state index in [9.17, 15) is 4.39 Å². The van der Waals surface area contributed by atoms with Crippen molar-refractivity contribution in [2.45, 2.75) is 26.3 Å². The maximum atomic E-state index is 13.3. The number of hydrogen-bond donors (Lipinski definition) is 1. The summed E-state index contributed by atoms with van der Waals surface area (Å²) in [6, 6.07) is 13.1. The summed E-state index contributed by atoms with van der Waals surface area (Å²) >= 11 is 0. The molecule has 1 atom stereocenters. The van der Waals surface area contributed by atoms with Gasteiger partial charge in [0.2, 0.25) is 0 Å². The quantitative estimate of drug-likeness (QED) is 0.866. The lowest BCUT2D eigenvalue weighted by Crippen LogP contribution is -2.23. The summed E-state index contributed by atoms with van der Waals surface area (Å²) in [6.45, 7) is 5.02. The number of halogens is 1. The second-order valence-electron chi connectivity index (χ2n) is 5.17. The molecule has 1 N–H and O–H groups in total. The topological polar surface area (TPSA) is 21.3 Å². The van der Waals surface area contributed by atoms with Crippen LogP contribution in [0.1, 0.15) is 29.7 Å². The van der Waals surface area contributed by atoms with Gasteiger partial charge in [0.05, 0.1) is 7.11 Å². The molecule has 0 fully saturated rings. The standard InChI is InChI=1S/C18H22FNO/c1-4-20-18(12-14-6-5-7-15(19)11-14)17-9-8-16(21-3)10-13(17)2/h5-11,18,20H,4,12H2,1-3H3. The Morgan fingerprint density at radius 3 is 2.62 bits per heavy atom. The molecule has 0 spiro atoms. The van der Waals surface area contributed by atoms with Crippen molar-refractivity contribution in [1.29, 1.82) is 0 Å². The molecule has 0 amide bonds. The van der Waals surface area contributed by atoms with Gasteiger partial charge in [-0.15, -0.1) is 0 Å². The van der Waals surface area contributed by atoms with E-state index in [1.807, 2.05) is 18.2 Å². The SMILES string of the molecule is CCNC(Cc1cccc(F)c1)c1ccc(OC)cc1C. The molecule has 0 saturated heterocycles. The van der Waals surface area contributed by atoms with Crippen LogP contribution in [-0.4, -0.2) is 13.7 Å². The molecule has 2 nitrogen and oxygen atoms in total. The third-order valence-electron chi connectivity index (χ3n) is 3.63. The first-order chi connectivity index (χ1) is 10.1. The van der Waals surface area contributed by atoms with Crippen molar-refractivity contribution in [2.75, 3.05) is 13.7 Å². The summed E-state index contributed by atoms with van der Waals surface area (Å²) < 4.78 is 18.6. The van der Waals surface area contributed by atoms with E-state index in [1.165, 1.54) is 17.2 Å². The van der Waals surface area contributed by atoms with Crippen LogP contribution in [0.3, 0.4) is 0 Å². The van der Waals surface area contributed by atoms with Gasteiger partial charge in [0.15, 0.2) is 0 Å². The minimum absolute atomic E-state index is 0.169. The van der Waals surface area contributed by atoms with Crippen LogP contribution in [0.4, 0.5) is 4.39 Å². The van der Waals surface area contributed by atoms with E-state index in [1.54, 1.807) is 19.2 Å². The Labute approximate surface area is 126 Å². The number of ether oxygens (including phenoxy) is 1. The van der Waals surface area contributed by atoms with Gasteiger partial charge < -0.3 is 10.1 Å². The number of benzene rings is 2. The van der Waals surface area contributed by atoms with E-state index < -0.39 is 0 Å². The van der Waals surface area contributed by atoms with Crippen molar-refractivity contribution in [3.05, 3.63) is 65.0 Å². The monoisotopic (exact) mass is 287 g/mol. The second kappa shape index (κ2) is 7.23. The highest BCUT2D eigenvalue weighted by molar-refractivity contribution is 5.37. The van der Waals surface area contributed by atoms with Gasteiger partial charge in [-0.3, -0.25) is 0 Å². The molecule has 21 heavy (non-hydrogen) atoms. The van der Waals surface area contributed by atoms with Crippen molar-refractivity contribution < 1.29 is 9.13 Å². The minimum atomic E-state index is -0.186. The number of likely N-dealkylation sites (N-methyl/N-ethyl adjacent to an activating group) is 1. The fourth-order valence-electron chi connectivity index (χ4n) is 2.60. The summed E-state index contributed by atoms with van der Waals surface area (Å²) in [5.74, 6) is 0.673. The number of hydrogen-bond acceptors (Lipinski definition) is 2. The summed E-state index contributed by atoms with van der Waals surface area (Å²) in [7, 11) is 1.67. The van der Waals surface area contributed by atoms with Crippen LogP contribution < -0.4 is 10.1 Å². The van der Waals surface area contributed by atoms with Gasteiger partial charge in [0.25, 0.3) is 0 Å². The molecule has 0 aliphatic rings. The van der Waals surface area contributed by atoms with Crippen LogP contribution in [0.5, 0.6) is 5.75 Å². The number of nitrogens with one attached hydrogen (secondary N) is 1. The lowest BCUT2D eigenvalue weighted by atomic mass is 9.95. The van der Waals surface area contributed by atoms with Crippen molar-refractivity contribution in [3.8, 4) is 5.75 Å². The van der Waals surface area contributed by atoms with Crippen molar-refractivity contribution >= 4 is 0 Å². The molecule has 0 heterocycles. The first-order valence-electron chi connectivity index (χ1n) is 7.26. The molecular formula is C18H22FNO. The molecule has 0 radical (unpaired) electrons. The maximum absolute atomic E-state index is 13.3. The van der Waals surface area contributed by atoms with Crippen LogP contribution in [-0.2, 0) is 6.42 Å². The third-order valence-corrected chi connectivity index (χ3v) is 3.63. The van der Waals surface area contributed by atoms with E-state index in [0.29, 0.717) is 0 Å². The number of rotatable bonds is 6. The zero-order valence-electron chi connectivity index (χ0n) is 12.8. The number of aryl methyl sites for hydroxylation is 1. The van der Waals surface area contributed by atoms with Gasteiger partial charge in [0, 0.05) is 6.04 Å². The van der Waals surface area contributed by atoms with E-state index in [0.717, 1.165) is 24.3 Å². The lowest BCUT2D eigenvalue weighted by Gasteiger charge is -2.21. The highest BCUT2D eigenvalue weighted by atomic mass is 19.1.